The van der Waals surface area contributed by atoms with Crippen LogP contribution >= 0.6 is 0 Å². The highest BCUT2D eigenvalue weighted by Gasteiger charge is 2.30. The molecule has 1 saturated carbocycles. The summed E-state index contributed by atoms with van der Waals surface area (Å²) < 4.78 is 26.3. The Morgan fingerprint density at radius 3 is 2.38 bits per heavy atom. The highest BCUT2D eigenvalue weighted by molar-refractivity contribution is 5.94. The molecule has 116 valence electrons. The third-order valence-corrected chi connectivity index (χ3v) is 3.97. The molecule has 1 amide bonds. The van der Waals surface area contributed by atoms with E-state index in [1.807, 2.05) is 18.7 Å². The van der Waals surface area contributed by atoms with Gasteiger partial charge < -0.3 is 4.90 Å². The van der Waals surface area contributed by atoms with Crippen molar-refractivity contribution in [3.05, 3.63) is 29.6 Å². The Morgan fingerprint density at radius 1 is 1.33 bits per heavy atom. The molecule has 21 heavy (non-hydrogen) atoms. The minimum Gasteiger partial charge on any atom is -0.333 e. The fourth-order valence-electron chi connectivity index (χ4n) is 2.93. The molecular weight excluding hydrogens is 274 g/mol. The maximum absolute atomic E-state index is 13.2. The maximum Gasteiger partial charge on any atom is 0.286 e. The molecule has 1 aromatic rings. The van der Waals surface area contributed by atoms with Gasteiger partial charge in [-0.1, -0.05) is 12.8 Å². The molecule has 0 spiro atoms. The van der Waals surface area contributed by atoms with Crippen LogP contribution in [-0.4, -0.2) is 27.9 Å². The number of pyridine rings is 1. The third-order valence-electron chi connectivity index (χ3n) is 3.97. The normalized spacial score (nSPS) is 16.5. The molecule has 0 aliphatic heterocycles. The minimum atomic E-state index is -2.98. The van der Waals surface area contributed by atoms with Crippen LogP contribution in [0.15, 0.2) is 18.3 Å². The molecule has 1 aliphatic rings. The van der Waals surface area contributed by atoms with Crippen LogP contribution in [0.1, 0.15) is 62.5 Å². The van der Waals surface area contributed by atoms with Gasteiger partial charge in [0.2, 0.25) is 0 Å². The van der Waals surface area contributed by atoms with Gasteiger partial charge in [-0.3, -0.25) is 9.78 Å². The van der Waals surface area contributed by atoms with E-state index in [0.717, 1.165) is 32.6 Å². The van der Waals surface area contributed by atoms with Gasteiger partial charge in [0.05, 0.1) is 5.56 Å². The van der Waals surface area contributed by atoms with E-state index in [0.29, 0.717) is 5.56 Å². The van der Waals surface area contributed by atoms with E-state index in [-0.39, 0.29) is 23.7 Å². The van der Waals surface area contributed by atoms with Gasteiger partial charge in [-0.25, -0.2) is 0 Å². The second kappa shape index (κ2) is 6.08. The minimum absolute atomic E-state index is 0.0906. The smallest absolute Gasteiger partial charge is 0.286 e. The lowest BCUT2D eigenvalue weighted by Crippen LogP contribution is -2.43. The van der Waals surface area contributed by atoms with E-state index >= 15 is 0 Å². The van der Waals surface area contributed by atoms with Crippen LogP contribution in [0.3, 0.4) is 0 Å². The highest BCUT2D eigenvalue weighted by atomic mass is 19.3. The average Bonchev–Trinajstić information content (AvgIpc) is 2.91. The van der Waals surface area contributed by atoms with Crippen molar-refractivity contribution in [2.45, 2.75) is 64.5 Å². The summed E-state index contributed by atoms with van der Waals surface area (Å²) in [5.41, 5.74) is 0.0691. The average molecular weight is 296 g/mol. The zero-order chi connectivity index (χ0) is 15.6. The number of aromatic nitrogens is 1. The van der Waals surface area contributed by atoms with Gasteiger partial charge in [-0.05, 0) is 38.8 Å². The number of carbonyl (C=O) groups is 1. The number of rotatable bonds is 4. The van der Waals surface area contributed by atoms with Crippen molar-refractivity contribution in [1.82, 2.24) is 9.88 Å². The summed E-state index contributed by atoms with van der Waals surface area (Å²) in [6.45, 7) is 4.77. The lowest BCUT2D eigenvalue weighted by molar-refractivity contribution is 0.0126. The summed E-state index contributed by atoms with van der Waals surface area (Å²) in [4.78, 5) is 18.2. The molecule has 0 saturated heterocycles. The predicted octanol–water partition coefficient (Wildman–Crippen LogP) is 3.99. The number of carbonyl (C=O) groups excluding carboxylic acids is 1. The van der Waals surface area contributed by atoms with E-state index < -0.39 is 5.92 Å². The Bertz CT molecular complexity index is 488. The molecule has 3 nitrogen and oxygen atoms in total. The van der Waals surface area contributed by atoms with Crippen LogP contribution in [0, 0.1) is 0 Å². The van der Waals surface area contributed by atoms with Gasteiger partial charge in [0, 0.05) is 25.2 Å². The molecule has 5 heteroatoms. The second-order valence-electron chi connectivity index (χ2n) is 6.06. The Hall–Kier alpha value is -1.52. The second-order valence-corrected chi connectivity index (χ2v) is 6.06. The summed E-state index contributed by atoms with van der Waals surface area (Å²) in [6.07, 6.45) is 5.57. The molecule has 1 aliphatic carbocycles. The number of nitrogens with zero attached hydrogens (tertiary/aromatic N) is 2. The molecule has 0 radical (unpaired) electrons. The van der Waals surface area contributed by atoms with E-state index in [1.165, 1.54) is 18.3 Å². The van der Waals surface area contributed by atoms with Crippen molar-refractivity contribution in [3.63, 3.8) is 0 Å². The quantitative estimate of drug-likeness (QED) is 0.842. The summed E-state index contributed by atoms with van der Waals surface area (Å²) in [6, 6.07) is 3.03. The summed E-state index contributed by atoms with van der Waals surface area (Å²) in [7, 11) is 0. The number of hydrogen-bond acceptors (Lipinski definition) is 2. The molecule has 1 aromatic heterocycles. The largest absolute Gasteiger partial charge is 0.333 e. The molecular formula is C16H22F2N2O. The number of alkyl halides is 2. The summed E-state index contributed by atoms with van der Waals surface area (Å²) >= 11 is 0. The first-order valence-corrected chi connectivity index (χ1v) is 7.47. The van der Waals surface area contributed by atoms with Crippen LogP contribution in [0.25, 0.3) is 0 Å². The van der Waals surface area contributed by atoms with Crippen molar-refractivity contribution < 1.29 is 13.6 Å². The molecule has 0 atom stereocenters. The molecule has 0 N–H and O–H groups in total. The SMILES string of the molecule is CC(C)N(C(=O)c1ccc(C(C)(F)F)nc1)C1CCCC1. The Morgan fingerprint density at radius 2 is 1.95 bits per heavy atom. The predicted molar refractivity (Wildman–Crippen MR) is 77.4 cm³/mol. The lowest BCUT2D eigenvalue weighted by atomic mass is 10.1. The van der Waals surface area contributed by atoms with E-state index in [9.17, 15) is 13.6 Å². The zero-order valence-corrected chi connectivity index (χ0v) is 12.8. The zero-order valence-electron chi connectivity index (χ0n) is 12.8. The molecule has 1 fully saturated rings. The van der Waals surface area contributed by atoms with Gasteiger partial charge in [-0.15, -0.1) is 0 Å². The standard InChI is InChI=1S/C16H22F2N2O/c1-11(2)20(13-6-4-5-7-13)15(21)12-8-9-14(19-10-12)16(3,17)18/h8-11,13H,4-7H2,1-3H3. The first kappa shape index (κ1) is 15.9. The first-order chi connectivity index (χ1) is 9.80. The van der Waals surface area contributed by atoms with Crippen molar-refractivity contribution in [1.29, 1.82) is 0 Å². The van der Waals surface area contributed by atoms with Crippen molar-refractivity contribution in [2.75, 3.05) is 0 Å². The highest BCUT2D eigenvalue weighted by Crippen LogP contribution is 2.28. The Balaban J connectivity index is 2.20. The topological polar surface area (TPSA) is 33.2 Å². The molecule has 0 aromatic carbocycles. The van der Waals surface area contributed by atoms with Gasteiger partial charge in [0.1, 0.15) is 5.69 Å². The fourth-order valence-corrected chi connectivity index (χ4v) is 2.93. The van der Waals surface area contributed by atoms with E-state index in [1.54, 1.807) is 0 Å². The number of amides is 1. The van der Waals surface area contributed by atoms with Crippen LogP contribution < -0.4 is 0 Å². The van der Waals surface area contributed by atoms with Gasteiger partial charge in [0.15, 0.2) is 0 Å². The first-order valence-electron chi connectivity index (χ1n) is 7.47. The third kappa shape index (κ3) is 3.57. The van der Waals surface area contributed by atoms with Crippen LogP contribution in [0.2, 0.25) is 0 Å². The molecule has 1 heterocycles. The molecule has 0 unspecified atom stereocenters. The lowest BCUT2D eigenvalue weighted by Gasteiger charge is -2.32. The Labute approximate surface area is 124 Å². The van der Waals surface area contributed by atoms with Crippen LogP contribution in [-0.2, 0) is 5.92 Å². The van der Waals surface area contributed by atoms with Gasteiger partial charge in [0.25, 0.3) is 11.8 Å². The van der Waals surface area contributed by atoms with Crippen LogP contribution in [0.4, 0.5) is 8.78 Å². The summed E-state index contributed by atoms with van der Waals surface area (Å²) in [5.74, 6) is -3.10. The van der Waals surface area contributed by atoms with E-state index in [2.05, 4.69) is 4.98 Å². The van der Waals surface area contributed by atoms with Gasteiger partial charge >= 0.3 is 0 Å². The van der Waals surface area contributed by atoms with Crippen molar-refractivity contribution >= 4 is 5.91 Å². The van der Waals surface area contributed by atoms with E-state index in [4.69, 9.17) is 0 Å². The van der Waals surface area contributed by atoms with Crippen LogP contribution in [0.5, 0.6) is 0 Å². The van der Waals surface area contributed by atoms with Crippen molar-refractivity contribution in [2.24, 2.45) is 0 Å². The Kier molecular flexibility index (Phi) is 4.59. The fraction of sp³-hybridized carbons (Fsp3) is 0.625. The maximum atomic E-state index is 13.2. The molecule has 0 bridgehead atoms. The number of halogens is 2. The van der Waals surface area contributed by atoms with Gasteiger partial charge in [-0.2, -0.15) is 8.78 Å². The monoisotopic (exact) mass is 296 g/mol. The number of hydrogen-bond donors (Lipinski definition) is 0. The molecule has 2 rings (SSSR count). The van der Waals surface area contributed by atoms with Crippen molar-refractivity contribution in [3.8, 4) is 0 Å². The summed E-state index contributed by atoms with van der Waals surface area (Å²) in [5, 5.41) is 0.